The largest absolute Gasteiger partial charge is 0.384 e. The van der Waals surface area contributed by atoms with Crippen LogP contribution in [0.15, 0.2) is 42.6 Å². The van der Waals surface area contributed by atoms with Crippen LogP contribution in [0.3, 0.4) is 0 Å². The molecule has 0 spiro atoms. The van der Waals surface area contributed by atoms with Gasteiger partial charge in [-0.15, -0.1) is 0 Å². The van der Waals surface area contributed by atoms with Crippen LogP contribution >= 0.6 is 0 Å². The third-order valence-electron chi connectivity index (χ3n) is 4.22. The number of aromatic nitrogens is 1. The van der Waals surface area contributed by atoms with E-state index in [1.165, 1.54) is 12.1 Å². The maximum Gasteiger partial charge on any atom is 0.270 e. The van der Waals surface area contributed by atoms with E-state index in [0.717, 1.165) is 50.6 Å². The predicted octanol–water partition coefficient (Wildman–Crippen LogP) is 1.89. The lowest BCUT2D eigenvalue weighted by molar-refractivity contribution is 0.0398. The Morgan fingerprint density at radius 2 is 1.96 bits per heavy atom. The average molecular weight is 358 g/mol. The summed E-state index contributed by atoms with van der Waals surface area (Å²) in [4.78, 5) is 18.7. The Hall–Kier alpha value is -2.51. The monoisotopic (exact) mass is 358 g/mol. The molecule has 1 saturated heterocycles. The van der Waals surface area contributed by atoms with Crippen molar-refractivity contribution in [2.75, 3.05) is 44.7 Å². The lowest BCUT2D eigenvalue weighted by Crippen LogP contribution is -2.39. The minimum atomic E-state index is -0.294. The summed E-state index contributed by atoms with van der Waals surface area (Å²) < 4.78 is 18.2. The van der Waals surface area contributed by atoms with Crippen LogP contribution in [0.2, 0.25) is 0 Å². The molecular weight excluding hydrogens is 335 g/mol. The van der Waals surface area contributed by atoms with Gasteiger partial charge in [0.25, 0.3) is 5.91 Å². The molecule has 0 aliphatic carbocycles. The molecule has 138 valence electrons. The number of carbonyl (C=O) groups excluding carboxylic acids is 1. The van der Waals surface area contributed by atoms with E-state index < -0.39 is 0 Å². The third kappa shape index (κ3) is 5.50. The molecule has 7 heteroatoms. The van der Waals surface area contributed by atoms with Crippen LogP contribution < -0.4 is 10.6 Å². The molecule has 1 aromatic carbocycles. The second kappa shape index (κ2) is 9.26. The zero-order valence-corrected chi connectivity index (χ0v) is 14.6. The van der Waals surface area contributed by atoms with E-state index in [4.69, 9.17) is 4.74 Å². The van der Waals surface area contributed by atoms with Crippen molar-refractivity contribution < 1.29 is 13.9 Å². The lowest BCUT2D eigenvalue weighted by atomic mass is 10.2. The van der Waals surface area contributed by atoms with Gasteiger partial charge >= 0.3 is 0 Å². The molecule has 26 heavy (non-hydrogen) atoms. The van der Waals surface area contributed by atoms with E-state index in [9.17, 15) is 9.18 Å². The van der Waals surface area contributed by atoms with Crippen molar-refractivity contribution in [2.24, 2.45) is 0 Å². The highest BCUT2D eigenvalue weighted by Gasteiger charge is 2.10. The average Bonchev–Trinajstić information content (AvgIpc) is 2.68. The number of halogens is 1. The van der Waals surface area contributed by atoms with E-state index in [1.54, 1.807) is 24.4 Å². The molecule has 0 radical (unpaired) electrons. The number of ether oxygens (including phenoxy) is 1. The van der Waals surface area contributed by atoms with Crippen LogP contribution in [-0.4, -0.2) is 55.2 Å². The Kier molecular flexibility index (Phi) is 6.51. The smallest absolute Gasteiger partial charge is 0.270 e. The molecule has 0 unspecified atom stereocenters. The molecule has 1 aliphatic heterocycles. The SMILES string of the molecule is O=C(NCc1ccc(F)cc1)c1cc(NCCN2CCOCC2)ccn1. The molecule has 3 rings (SSSR count). The summed E-state index contributed by atoms with van der Waals surface area (Å²) in [5.74, 6) is -0.552. The molecule has 1 aromatic heterocycles. The minimum Gasteiger partial charge on any atom is -0.384 e. The van der Waals surface area contributed by atoms with Gasteiger partial charge in [-0.1, -0.05) is 12.1 Å². The summed E-state index contributed by atoms with van der Waals surface area (Å²) in [7, 11) is 0. The Bertz CT molecular complexity index is 718. The molecule has 1 fully saturated rings. The summed E-state index contributed by atoms with van der Waals surface area (Å²) in [5, 5.41) is 6.12. The molecule has 6 nitrogen and oxygen atoms in total. The fourth-order valence-electron chi connectivity index (χ4n) is 2.72. The van der Waals surface area contributed by atoms with Crippen molar-refractivity contribution in [3.8, 4) is 0 Å². The number of carbonyl (C=O) groups is 1. The van der Waals surface area contributed by atoms with Gasteiger partial charge in [-0.2, -0.15) is 0 Å². The quantitative estimate of drug-likeness (QED) is 0.791. The second-order valence-electron chi connectivity index (χ2n) is 6.12. The number of nitrogens with zero attached hydrogens (tertiary/aromatic N) is 2. The van der Waals surface area contributed by atoms with Crippen molar-refractivity contribution in [1.29, 1.82) is 0 Å². The number of rotatable bonds is 7. The highest BCUT2D eigenvalue weighted by atomic mass is 19.1. The third-order valence-corrected chi connectivity index (χ3v) is 4.22. The van der Waals surface area contributed by atoms with Gasteiger partial charge in [0.05, 0.1) is 13.2 Å². The number of morpholine rings is 1. The van der Waals surface area contributed by atoms with Gasteiger partial charge in [-0.25, -0.2) is 4.39 Å². The van der Waals surface area contributed by atoms with Gasteiger partial charge in [0.1, 0.15) is 11.5 Å². The number of benzene rings is 1. The van der Waals surface area contributed by atoms with Crippen molar-refractivity contribution >= 4 is 11.6 Å². The summed E-state index contributed by atoms with van der Waals surface area (Å²) >= 11 is 0. The standard InChI is InChI=1S/C19H23FN4O2/c20-16-3-1-15(2-4-16)14-23-19(25)18-13-17(5-6-22-18)21-7-8-24-9-11-26-12-10-24/h1-6,13H,7-12,14H2,(H,21,22)(H,23,25). The fourth-order valence-corrected chi connectivity index (χ4v) is 2.72. The van der Waals surface area contributed by atoms with Gasteiger partial charge in [-0.05, 0) is 29.8 Å². The highest BCUT2D eigenvalue weighted by molar-refractivity contribution is 5.93. The number of hydrogen-bond acceptors (Lipinski definition) is 5. The van der Waals surface area contributed by atoms with Crippen molar-refractivity contribution in [3.63, 3.8) is 0 Å². The van der Waals surface area contributed by atoms with Crippen molar-refractivity contribution in [1.82, 2.24) is 15.2 Å². The van der Waals surface area contributed by atoms with Crippen LogP contribution in [0.1, 0.15) is 16.1 Å². The summed E-state index contributed by atoms with van der Waals surface area (Å²) in [5.41, 5.74) is 2.04. The molecular formula is C19H23FN4O2. The van der Waals surface area contributed by atoms with Crippen LogP contribution in [0.4, 0.5) is 10.1 Å². The number of anilines is 1. The molecule has 2 N–H and O–H groups in total. The molecule has 0 atom stereocenters. The minimum absolute atomic E-state index is 0.258. The predicted molar refractivity (Wildman–Crippen MR) is 97.6 cm³/mol. The molecule has 2 heterocycles. The number of nitrogens with one attached hydrogen (secondary N) is 2. The van der Waals surface area contributed by atoms with E-state index >= 15 is 0 Å². The van der Waals surface area contributed by atoms with E-state index in [2.05, 4.69) is 20.5 Å². The Morgan fingerprint density at radius 3 is 2.73 bits per heavy atom. The van der Waals surface area contributed by atoms with Crippen LogP contribution in [0.5, 0.6) is 0 Å². The van der Waals surface area contributed by atoms with Crippen molar-refractivity contribution in [3.05, 3.63) is 59.7 Å². The maximum absolute atomic E-state index is 12.9. The van der Waals surface area contributed by atoms with Crippen molar-refractivity contribution in [2.45, 2.75) is 6.54 Å². The molecule has 1 amide bonds. The molecule has 2 aromatic rings. The van der Waals surface area contributed by atoms with Crippen LogP contribution in [0.25, 0.3) is 0 Å². The molecule has 1 aliphatic rings. The number of hydrogen-bond donors (Lipinski definition) is 2. The van der Waals surface area contributed by atoms with Gasteiger partial charge in [0.15, 0.2) is 0 Å². The van der Waals surface area contributed by atoms with Gasteiger partial charge in [0.2, 0.25) is 0 Å². The Labute approximate surface area is 152 Å². The first-order chi connectivity index (χ1) is 12.7. The molecule has 0 bridgehead atoms. The lowest BCUT2D eigenvalue weighted by Gasteiger charge is -2.26. The zero-order valence-electron chi connectivity index (χ0n) is 14.6. The van der Waals surface area contributed by atoms with Gasteiger partial charge < -0.3 is 15.4 Å². The first-order valence-electron chi connectivity index (χ1n) is 8.73. The summed E-state index contributed by atoms with van der Waals surface area (Å²) in [6, 6.07) is 9.62. The van der Waals surface area contributed by atoms with Crippen LogP contribution in [-0.2, 0) is 11.3 Å². The highest BCUT2D eigenvalue weighted by Crippen LogP contribution is 2.09. The first-order valence-corrected chi connectivity index (χ1v) is 8.73. The Morgan fingerprint density at radius 1 is 1.19 bits per heavy atom. The fraction of sp³-hybridized carbons (Fsp3) is 0.368. The van der Waals surface area contributed by atoms with Gasteiger partial charge in [-0.3, -0.25) is 14.7 Å². The second-order valence-corrected chi connectivity index (χ2v) is 6.12. The number of amides is 1. The van der Waals surface area contributed by atoms with E-state index in [-0.39, 0.29) is 11.7 Å². The van der Waals surface area contributed by atoms with E-state index in [1.807, 2.05) is 6.07 Å². The Balaban J connectivity index is 1.47. The first kappa shape index (κ1) is 18.3. The molecule has 0 saturated carbocycles. The van der Waals surface area contributed by atoms with Gasteiger partial charge in [0, 0.05) is 44.6 Å². The normalized spacial score (nSPS) is 14.8. The van der Waals surface area contributed by atoms with Crippen LogP contribution in [0, 0.1) is 5.82 Å². The summed E-state index contributed by atoms with van der Waals surface area (Å²) in [6.07, 6.45) is 1.61. The number of pyridine rings is 1. The zero-order chi connectivity index (χ0) is 18.2. The topological polar surface area (TPSA) is 66.5 Å². The summed E-state index contributed by atoms with van der Waals surface area (Å²) in [6.45, 7) is 5.53. The van der Waals surface area contributed by atoms with E-state index in [0.29, 0.717) is 12.2 Å². The maximum atomic E-state index is 12.9.